The lowest BCUT2D eigenvalue weighted by Gasteiger charge is -2.23. The van der Waals surface area contributed by atoms with Crippen LogP contribution in [0, 0.1) is 11.6 Å². The molecule has 0 heterocycles. The fourth-order valence-corrected chi connectivity index (χ4v) is 2.61. The second-order valence-electron chi connectivity index (χ2n) is 6.08. The maximum absolute atomic E-state index is 14.3. The van der Waals surface area contributed by atoms with E-state index in [0.29, 0.717) is 18.6 Å². The minimum absolute atomic E-state index is 0.344. The highest BCUT2D eigenvalue weighted by Gasteiger charge is 2.39. The molecule has 0 spiro atoms. The van der Waals surface area contributed by atoms with Gasteiger partial charge in [0.1, 0.15) is 17.2 Å². The van der Waals surface area contributed by atoms with Gasteiger partial charge in [0.25, 0.3) is 0 Å². The first-order valence-electron chi connectivity index (χ1n) is 8.17. The molecule has 0 aliphatic heterocycles. The van der Waals surface area contributed by atoms with Gasteiger partial charge < -0.3 is 4.74 Å². The lowest BCUT2D eigenvalue weighted by atomic mass is 10.1. The van der Waals surface area contributed by atoms with E-state index < -0.39 is 46.7 Å². The van der Waals surface area contributed by atoms with Crippen molar-refractivity contribution >= 4 is 0 Å². The molecule has 0 fully saturated rings. The number of aryl methyl sites for hydroxylation is 1. The summed E-state index contributed by atoms with van der Waals surface area (Å²) < 4.78 is 98.2. The van der Waals surface area contributed by atoms with E-state index in [9.17, 15) is 30.7 Å². The highest BCUT2D eigenvalue weighted by atomic mass is 19.4. The Hall–Kier alpha value is -2.09. The molecule has 8 heteroatoms. The van der Waals surface area contributed by atoms with Gasteiger partial charge >= 0.3 is 12.3 Å². The van der Waals surface area contributed by atoms with Crippen LogP contribution in [0.3, 0.4) is 0 Å². The minimum atomic E-state index is -5.24. The van der Waals surface area contributed by atoms with Crippen LogP contribution in [0.4, 0.5) is 30.7 Å². The second-order valence-corrected chi connectivity index (χ2v) is 6.08. The summed E-state index contributed by atoms with van der Waals surface area (Å²) in [7, 11) is 0. The number of rotatable bonds is 6. The summed E-state index contributed by atoms with van der Waals surface area (Å²) in [5.41, 5.74) is -2.16. The Balaban J connectivity index is 2.24. The van der Waals surface area contributed by atoms with Crippen LogP contribution in [-0.4, -0.2) is 0 Å². The summed E-state index contributed by atoms with van der Waals surface area (Å²) in [6.07, 6.45) is -9.02. The zero-order valence-corrected chi connectivity index (χ0v) is 14.5. The molecule has 0 radical (unpaired) electrons. The highest BCUT2D eigenvalue weighted by Crippen LogP contribution is 2.38. The Morgan fingerprint density at radius 1 is 0.926 bits per heavy atom. The van der Waals surface area contributed by atoms with Gasteiger partial charge in [-0.3, -0.25) is 0 Å². The summed E-state index contributed by atoms with van der Waals surface area (Å²) in [6.45, 7) is 3.01. The molecule has 2 aromatic rings. The molecule has 0 aliphatic rings. The molecule has 1 unspecified atom stereocenters. The van der Waals surface area contributed by atoms with Crippen LogP contribution < -0.4 is 0 Å². The highest BCUT2D eigenvalue weighted by molar-refractivity contribution is 5.30. The zero-order valence-electron chi connectivity index (χ0n) is 14.5. The van der Waals surface area contributed by atoms with Crippen molar-refractivity contribution in [3.8, 4) is 0 Å². The van der Waals surface area contributed by atoms with Gasteiger partial charge in [-0.25, -0.2) is 8.78 Å². The molecule has 0 amide bonds. The molecule has 0 saturated heterocycles. The van der Waals surface area contributed by atoms with E-state index >= 15 is 0 Å². The predicted molar refractivity (Wildman–Crippen MR) is 85.2 cm³/mol. The van der Waals surface area contributed by atoms with Crippen molar-refractivity contribution in [2.24, 2.45) is 0 Å². The second kappa shape index (κ2) is 7.88. The number of ether oxygens (including phenoxy) is 1. The van der Waals surface area contributed by atoms with Gasteiger partial charge in [0.05, 0.1) is 11.7 Å². The van der Waals surface area contributed by atoms with Crippen molar-refractivity contribution in [2.45, 2.75) is 45.1 Å². The average molecular weight is 394 g/mol. The quantitative estimate of drug-likeness (QED) is 0.492. The van der Waals surface area contributed by atoms with Gasteiger partial charge in [0.15, 0.2) is 0 Å². The lowest BCUT2D eigenvalue weighted by Crippen LogP contribution is -2.21. The molecule has 0 N–H and O–H groups in total. The fraction of sp³-hybridized carbons (Fsp3) is 0.368. The third-order valence-electron chi connectivity index (χ3n) is 3.97. The number of benzene rings is 2. The molecule has 0 aliphatic carbocycles. The molecule has 0 bridgehead atoms. The van der Waals surface area contributed by atoms with Crippen molar-refractivity contribution in [1.82, 2.24) is 0 Å². The monoisotopic (exact) mass is 394 g/mol. The van der Waals surface area contributed by atoms with Crippen molar-refractivity contribution in [2.75, 3.05) is 0 Å². The summed E-state index contributed by atoms with van der Waals surface area (Å²) >= 11 is 0. The largest absolute Gasteiger partial charge is 0.422 e. The van der Waals surface area contributed by atoms with E-state index in [1.165, 1.54) is 24.3 Å². The number of hydrogen-bond acceptors (Lipinski definition) is 1. The summed E-state index contributed by atoms with van der Waals surface area (Å²) in [6, 6.07) is 6.06. The van der Waals surface area contributed by atoms with Crippen LogP contribution in [0.1, 0.15) is 48.6 Å². The molecule has 0 saturated carbocycles. The van der Waals surface area contributed by atoms with Crippen LogP contribution >= 0.6 is 0 Å². The summed E-state index contributed by atoms with van der Waals surface area (Å²) in [4.78, 5) is 0. The van der Waals surface area contributed by atoms with E-state index in [-0.39, 0.29) is 0 Å². The zero-order chi connectivity index (χ0) is 20.4. The molecule has 1 atom stereocenters. The molecular weight excluding hydrogens is 377 g/mol. The van der Waals surface area contributed by atoms with Crippen LogP contribution in [-0.2, 0) is 23.4 Å². The Morgan fingerprint density at radius 3 is 1.89 bits per heavy atom. The first-order valence-corrected chi connectivity index (χ1v) is 8.17. The third kappa shape index (κ3) is 5.00. The maximum Gasteiger partial charge on any atom is 0.422 e. The molecule has 1 nitrogen and oxygen atoms in total. The maximum atomic E-state index is 14.3. The van der Waals surface area contributed by atoms with Crippen LogP contribution in [0.15, 0.2) is 36.4 Å². The van der Waals surface area contributed by atoms with Gasteiger partial charge in [-0.2, -0.15) is 22.0 Å². The summed E-state index contributed by atoms with van der Waals surface area (Å²) in [5.74, 6) is -3.78. The molecule has 27 heavy (non-hydrogen) atoms. The Labute approximate surface area is 151 Å². The van der Waals surface area contributed by atoms with Crippen molar-refractivity contribution in [3.63, 3.8) is 0 Å². The van der Waals surface area contributed by atoms with Crippen LogP contribution in [0.5, 0.6) is 0 Å². The van der Waals surface area contributed by atoms with Crippen molar-refractivity contribution in [1.29, 1.82) is 0 Å². The number of hydrogen-bond donors (Lipinski definition) is 0. The van der Waals surface area contributed by atoms with E-state index in [4.69, 9.17) is 0 Å². The van der Waals surface area contributed by atoms with Gasteiger partial charge in [-0.1, -0.05) is 37.6 Å². The predicted octanol–water partition coefficient (Wildman–Crippen LogP) is 6.76. The molecule has 0 aromatic heterocycles. The lowest BCUT2D eigenvalue weighted by molar-refractivity contribution is -0.272. The molecular formula is C19H17F7O. The normalized spacial score (nSPS) is 13.7. The van der Waals surface area contributed by atoms with E-state index in [0.717, 1.165) is 18.9 Å². The first-order chi connectivity index (χ1) is 12.5. The van der Waals surface area contributed by atoms with Crippen molar-refractivity contribution < 1.29 is 35.5 Å². The van der Waals surface area contributed by atoms with Gasteiger partial charge in [-0.15, -0.1) is 0 Å². The van der Waals surface area contributed by atoms with Gasteiger partial charge in [-0.05, 0) is 36.6 Å². The molecule has 2 aromatic carbocycles. The average Bonchev–Trinajstić information content (AvgIpc) is 2.53. The van der Waals surface area contributed by atoms with E-state index in [1.54, 1.807) is 0 Å². The standard InChI is InChI=1S/C19H17F7O/c1-3-4-12-5-7-14(8-6-12)19(25,26)27-11(2)13-9-15(20)17(16(21)10-13)18(22,23)24/h5-11H,3-4H2,1-2H3. The molecule has 2 rings (SSSR count). The Bertz CT molecular complexity index is 759. The topological polar surface area (TPSA) is 9.23 Å². The van der Waals surface area contributed by atoms with Crippen LogP contribution in [0.2, 0.25) is 0 Å². The van der Waals surface area contributed by atoms with Crippen molar-refractivity contribution in [3.05, 3.63) is 70.3 Å². The van der Waals surface area contributed by atoms with E-state index in [2.05, 4.69) is 4.74 Å². The van der Waals surface area contributed by atoms with E-state index in [1.807, 2.05) is 6.92 Å². The summed E-state index contributed by atoms with van der Waals surface area (Å²) in [5, 5.41) is 0. The Kier molecular flexibility index (Phi) is 6.19. The number of alkyl halides is 5. The Morgan fingerprint density at radius 2 is 1.44 bits per heavy atom. The fourth-order valence-electron chi connectivity index (χ4n) is 2.61. The molecule has 148 valence electrons. The van der Waals surface area contributed by atoms with Gasteiger partial charge in [0, 0.05) is 0 Å². The van der Waals surface area contributed by atoms with Crippen LogP contribution in [0.25, 0.3) is 0 Å². The smallest absolute Gasteiger partial charge is 0.309 e. The SMILES string of the molecule is CCCc1ccc(C(F)(F)OC(C)c2cc(F)c(C(F)(F)F)c(F)c2)cc1. The number of halogens is 7. The first kappa shape index (κ1) is 21.2. The minimum Gasteiger partial charge on any atom is -0.309 e. The van der Waals surface area contributed by atoms with Gasteiger partial charge in [0.2, 0.25) is 0 Å². The third-order valence-corrected chi connectivity index (χ3v) is 3.97.